The Morgan fingerprint density at radius 3 is 2.54 bits per heavy atom. The number of anilines is 1. The lowest BCUT2D eigenvalue weighted by atomic mass is 10.2. The van der Waals surface area contributed by atoms with Crippen molar-refractivity contribution in [3.8, 4) is 0 Å². The second-order valence-corrected chi connectivity index (χ2v) is 6.59. The van der Waals surface area contributed by atoms with Crippen molar-refractivity contribution in [2.24, 2.45) is 0 Å². The van der Waals surface area contributed by atoms with Crippen LogP contribution in [0.15, 0.2) is 18.2 Å². The molecule has 0 atom stereocenters. The summed E-state index contributed by atoms with van der Waals surface area (Å²) in [5.74, 6) is 0. The van der Waals surface area contributed by atoms with E-state index in [1.54, 1.807) is 31.5 Å². The Bertz CT molecular complexity index is 357. The fourth-order valence-corrected chi connectivity index (χ4v) is 2.33. The minimum atomic E-state index is -2.33. The SMILES string of the molecule is CP(C)(=O)c1cc(CO)ccc1N. The lowest BCUT2D eigenvalue weighted by Crippen LogP contribution is -2.10. The highest BCUT2D eigenvalue weighted by molar-refractivity contribution is 7.70. The summed E-state index contributed by atoms with van der Waals surface area (Å²) in [6.45, 7) is 3.28. The number of aliphatic hydroxyl groups excluding tert-OH is 1. The van der Waals surface area contributed by atoms with E-state index in [4.69, 9.17) is 10.8 Å². The summed E-state index contributed by atoms with van der Waals surface area (Å²) in [5.41, 5.74) is 6.95. The van der Waals surface area contributed by atoms with Crippen molar-refractivity contribution in [1.82, 2.24) is 0 Å². The molecular weight excluding hydrogens is 185 g/mol. The maximum atomic E-state index is 11.7. The zero-order valence-electron chi connectivity index (χ0n) is 7.82. The van der Waals surface area contributed by atoms with E-state index in [1.165, 1.54) is 0 Å². The average Bonchev–Trinajstić information content (AvgIpc) is 2.03. The van der Waals surface area contributed by atoms with E-state index in [2.05, 4.69) is 0 Å². The van der Waals surface area contributed by atoms with Gasteiger partial charge in [-0.25, -0.2) is 0 Å². The van der Waals surface area contributed by atoms with Crippen molar-refractivity contribution >= 4 is 18.1 Å². The molecule has 72 valence electrons. The molecule has 0 aliphatic heterocycles. The highest BCUT2D eigenvalue weighted by Crippen LogP contribution is 2.37. The van der Waals surface area contributed by atoms with Gasteiger partial charge in [0.05, 0.1) is 6.61 Å². The zero-order valence-corrected chi connectivity index (χ0v) is 8.71. The molecule has 0 unspecified atom stereocenters. The number of hydrogen-bond acceptors (Lipinski definition) is 3. The Morgan fingerprint density at radius 2 is 2.08 bits per heavy atom. The van der Waals surface area contributed by atoms with Crippen molar-refractivity contribution in [2.75, 3.05) is 19.1 Å². The molecule has 1 aromatic carbocycles. The number of nitrogen functional groups attached to an aromatic ring is 1. The molecule has 0 radical (unpaired) electrons. The molecular formula is C9H14NO2P. The first-order valence-electron chi connectivity index (χ1n) is 4.00. The number of hydrogen-bond donors (Lipinski definition) is 2. The lowest BCUT2D eigenvalue weighted by molar-refractivity contribution is 0.282. The molecule has 3 N–H and O–H groups in total. The van der Waals surface area contributed by atoms with Crippen molar-refractivity contribution in [3.63, 3.8) is 0 Å². The predicted molar refractivity (Wildman–Crippen MR) is 55.9 cm³/mol. The molecule has 0 amide bonds. The van der Waals surface area contributed by atoms with Crippen molar-refractivity contribution in [3.05, 3.63) is 23.8 Å². The molecule has 0 aromatic heterocycles. The fourth-order valence-electron chi connectivity index (χ4n) is 1.15. The number of aliphatic hydroxyl groups is 1. The minimum Gasteiger partial charge on any atom is -0.398 e. The van der Waals surface area contributed by atoms with Crippen LogP contribution in [-0.4, -0.2) is 18.4 Å². The highest BCUT2D eigenvalue weighted by atomic mass is 31.2. The lowest BCUT2D eigenvalue weighted by Gasteiger charge is -2.11. The number of nitrogens with two attached hydrogens (primary N) is 1. The molecule has 1 rings (SSSR count). The average molecular weight is 199 g/mol. The van der Waals surface area contributed by atoms with E-state index < -0.39 is 7.14 Å². The van der Waals surface area contributed by atoms with E-state index in [0.717, 1.165) is 5.56 Å². The van der Waals surface area contributed by atoms with Gasteiger partial charge >= 0.3 is 0 Å². The van der Waals surface area contributed by atoms with E-state index in [-0.39, 0.29) is 6.61 Å². The third-order valence-electron chi connectivity index (χ3n) is 1.86. The van der Waals surface area contributed by atoms with Crippen LogP contribution in [0.5, 0.6) is 0 Å². The van der Waals surface area contributed by atoms with Crippen LogP contribution in [0.2, 0.25) is 0 Å². The van der Waals surface area contributed by atoms with Gasteiger partial charge in [-0.3, -0.25) is 0 Å². The summed E-state index contributed by atoms with van der Waals surface area (Å²) in [5, 5.41) is 9.54. The standard InChI is InChI=1S/C9H14NO2P/c1-13(2,12)9-5-7(6-11)3-4-8(9)10/h3-5,11H,6,10H2,1-2H3. The molecule has 4 heteroatoms. The summed E-state index contributed by atoms with van der Waals surface area (Å²) in [6.07, 6.45) is 0. The van der Waals surface area contributed by atoms with Crippen LogP contribution in [0.1, 0.15) is 5.56 Å². The Morgan fingerprint density at radius 1 is 1.46 bits per heavy atom. The number of rotatable bonds is 2. The maximum Gasteiger partial charge on any atom is 0.111 e. The van der Waals surface area contributed by atoms with Gasteiger partial charge < -0.3 is 15.4 Å². The largest absolute Gasteiger partial charge is 0.398 e. The molecule has 13 heavy (non-hydrogen) atoms. The van der Waals surface area contributed by atoms with Crippen LogP contribution in [0.3, 0.4) is 0 Å². The molecule has 0 bridgehead atoms. The molecule has 0 saturated carbocycles. The van der Waals surface area contributed by atoms with Crippen LogP contribution in [0.25, 0.3) is 0 Å². The van der Waals surface area contributed by atoms with Gasteiger partial charge in [-0.15, -0.1) is 0 Å². The molecule has 0 spiro atoms. The van der Waals surface area contributed by atoms with Crippen LogP contribution in [0, 0.1) is 0 Å². The first-order valence-corrected chi connectivity index (χ1v) is 6.60. The zero-order chi connectivity index (χ0) is 10.1. The van der Waals surface area contributed by atoms with Crippen molar-refractivity contribution in [1.29, 1.82) is 0 Å². The van der Waals surface area contributed by atoms with Gasteiger partial charge in [0.15, 0.2) is 0 Å². The van der Waals surface area contributed by atoms with Gasteiger partial charge in [-0.1, -0.05) is 6.07 Å². The second kappa shape index (κ2) is 3.52. The van der Waals surface area contributed by atoms with Crippen LogP contribution >= 0.6 is 7.14 Å². The van der Waals surface area contributed by atoms with Gasteiger partial charge in [0.25, 0.3) is 0 Å². The van der Waals surface area contributed by atoms with Crippen molar-refractivity contribution in [2.45, 2.75) is 6.61 Å². The smallest absolute Gasteiger partial charge is 0.111 e. The van der Waals surface area contributed by atoms with E-state index in [1.807, 2.05) is 0 Å². The third-order valence-corrected chi connectivity index (χ3v) is 3.41. The Labute approximate surface area is 77.9 Å². The monoisotopic (exact) mass is 199 g/mol. The quantitative estimate of drug-likeness (QED) is 0.552. The maximum absolute atomic E-state index is 11.7. The molecule has 0 aliphatic carbocycles. The fraction of sp³-hybridized carbons (Fsp3) is 0.333. The van der Waals surface area contributed by atoms with Crippen LogP contribution in [0.4, 0.5) is 5.69 Å². The Kier molecular flexibility index (Phi) is 2.79. The summed E-state index contributed by atoms with van der Waals surface area (Å²) in [7, 11) is -2.33. The molecule has 0 saturated heterocycles. The first-order chi connectivity index (χ1) is 5.95. The van der Waals surface area contributed by atoms with Gasteiger partial charge in [0.1, 0.15) is 7.14 Å². The minimum absolute atomic E-state index is 0.0483. The summed E-state index contributed by atoms with van der Waals surface area (Å²) in [6, 6.07) is 5.12. The summed E-state index contributed by atoms with van der Waals surface area (Å²) < 4.78 is 11.7. The predicted octanol–water partition coefficient (Wildman–Crippen LogP) is 1.01. The second-order valence-electron chi connectivity index (χ2n) is 3.40. The van der Waals surface area contributed by atoms with Crippen LogP contribution < -0.4 is 11.0 Å². The molecule has 0 fully saturated rings. The van der Waals surface area contributed by atoms with Gasteiger partial charge in [-0.2, -0.15) is 0 Å². The van der Waals surface area contributed by atoms with E-state index in [9.17, 15) is 4.57 Å². The van der Waals surface area contributed by atoms with Crippen molar-refractivity contribution < 1.29 is 9.67 Å². The highest BCUT2D eigenvalue weighted by Gasteiger charge is 2.14. The number of benzene rings is 1. The molecule has 0 heterocycles. The topological polar surface area (TPSA) is 63.3 Å². The van der Waals surface area contributed by atoms with Gasteiger partial charge in [0.2, 0.25) is 0 Å². The third kappa shape index (κ3) is 2.33. The summed E-state index contributed by atoms with van der Waals surface area (Å²) in [4.78, 5) is 0. The molecule has 1 aromatic rings. The first kappa shape index (κ1) is 10.3. The molecule has 3 nitrogen and oxygen atoms in total. The van der Waals surface area contributed by atoms with Gasteiger partial charge in [0, 0.05) is 11.0 Å². The normalized spacial score (nSPS) is 11.6. The van der Waals surface area contributed by atoms with Crippen LogP contribution in [-0.2, 0) is 11.2 Å². The molecule has 0 aliphatic rings. The van der Waals surface area contributed by atoms with Gasteiger partial charge in [-0.05, 0) is 31.0 Å². The van der Waals surface area contributed by atoms with E-state index in [0.29, 0.717) is 11.0 Å². The Hall–Kier alpha value is -0.790. The van der Waals surface area contributed by atoms with E-state index >= 15 is 0 Å². The Balaban J connectivity index is 3.27. The summed E-state index contributed by atoms with van der Waals surface area (Å²) >= 11 is 0.